The molecule has 2 heterocycles. The molecular weight excluding hydrogens is 218 g/mol. The molecule has 0 radical (unpaired) electrons. The van der Waals surface area contributed by atoms with Crippen LogP contribution in [-0.2, 0) is 4.79 Å². The van der Waals surface area contributed by atoms with Crippen LogP contribution in [0.2, 0.25) is 0 Å². The molecule has 0 aromatic rings. The predicted molar refractivity (Wildman–Crippen MR) is 65.9 cm³/mol. The molecule has 0 bridgehead atoms. The number of piperidine rings is 1. The molecule has 98 valence electrons. The van der Waals surface area contributed by atoms with Crippen molar-refractivity contribution in [3.05, 3.63) is 0 Å². The van der Waals surface area contributed by atoms with Gasteiger partial charge in [-0.05, 0) is 25.8 Å². The van der Waals surface area contributed by atoms with Gasteiger partial charge in [0.25, 0.3) is 0 Å². The second-order valence-electron chi connectivity index (χ2n) is 5.22. The molecule has 2 atom stereocenters. The lowest BCUT2D eigenvalue weighted by Gasteiger charge is -2.44. The third-order valence-electron chi connectivity index (χ3n) is 3.99. The van der Waals surface area contributed by atoms with E-state index in [-0.39, 0.29) is 0 Å². The van der Waals surface area contributed by atoms with Gasteiger partial charge in [-0.15, -0.1) is 0 Å². The van der Waals surface area contributed by atoms with Crippen molar-refractivity contribution in [2.75, 3.05) is 32.7 Å². The SMILES string of the molecule is NC(CCN1CCN2CCCCC2C1)C(=O)O. The summed E-state index contributed by atoms with van der Waals surface area (Å²) in [7, 11) is 0. The van der Waals surface area contributed by atoms with E-state index in [1.165, 1.54) is 25.8 Å². The van der Waals surface area contributed by atoms with Crippen molar-refractivity contribution in [1.82, 2.24) is 9.80 Å². The van der Waals surface area contributed by atoms with Gasteiger partial charge in [0.15, 0.2) is 0 Å². The zero-order valence-corrected chi connectivity index (χ0v) is 10.3. The lowest BCUT2D eigenvalue weighted by Crippen LogP contribution is -2.55. The Kier molecular flexibility index (Phi) is 4.36. The van der Waals surface area contributed by atoms with Crippen LogP contribution in [0.4, 0.5) is 0 Å². The minimum absolute atomic E-state index is 0.558. The van der Waals surface area contributed by atoms with Crippen LogP contribution in [-0.4, -0.2) is 65.7 Å². The van der Waals surface area contributed by atoms with Crippen molar-refractivity contribution < 1.29 is 9.90 Å². The minimum atomic E-state index is -0.888. The van der Waals surface area contributed by atoms with Gasteiger partial charge in [0.2, 0.25) is 0 Å². The number of nitrogens with zero attached hydrogens (tertiary/aromatic N) is 2. The number of hydrogen-bond donors (Lipinski definition) is 2. The van der Waals surface area contributed by atoms with E-state index in [2.05, 4.69) is 9.80 Å². The van der Waals surface area contributed by atoms with Gasteiger partial charge >= 0.3 is 5.97 Å². The summed E-state index contributed by atoms with van der Waals surface area (Å²) in [6.45, 7) is 5.34. The maximum Gasteiger partial charge on any atom is 0.320 e. The molecule has 2 fully saturated rings. The Morgan fingerprint density at radius 1 is 1.35 bits per heavy atom. The molecule has 0 aliphatic carbocycles. The fourth-order valence-electron chi connectivity index (χ4n) is 2.87. The number of carbonyl (C=O) groups is 1. The lowest BCUT2D eigenvalue weighted by molar-refractivity contribution is -0.138. The summed E-state index contributed by atoms with van der Waals surface area (Å²) in [5, 5.41) is 8.75. The molecule has 0 saturated carbocycles. The van der Waals surface area contributed by atoms with Crippen molar-refractivity contribution in [1.29, 1.82) is 0 Å². The number of hydrogen-bond acceptors (Lipinski definition) is 4. The Morgan fingerprint density at radius 2 is 2.18 bits per heavy atom. The maximum atomic E-state index is 10.6. The molecular formula is C12H23N3O2. The van der Waals surface area contributed by atoms with Crippen LogP contribution in [0.3, 0.4) is 0 Å². The van der Waals surface area contributed by atoms with Crippen LogP contribution in [0.5, 0.6) is 0 Å². The van der Waals surface area contributed by atoms with Gasteiger partial charge in [0, 0.05) is 32.2 Å². The Labute approximate surface area is 103 Å². The number of fused-ring (bicyclic) bond motifs is 1. The number of nitrogens with two attached hydrogens (primary N) is 1. The van der Waals surface area contributed by atoms with Crippen molar-refractivity contribution in [2.45, 2.75) is 37.8 Å². The molecule has 5 heteroatoms. The van der Waals surface area contributed by atoms with Gasteiger partial charge in [-0.1, -0.05) is 6.42 Å². The van der Waals surface area contributed by atoms with E-state index in [9.17, 15) is 4.79 Å². The number of piperazine rings is 1. The highest BCUT2D eigenvalue weighted by Gasteiger charge is 2.28. The van der Waals surface area contributed by atoms with Gasteiger partial charge in [-0.2, -0.15) is 0 Å². The minimum Gasteiger partial charge on any atom is -0.480 e. The largest absolute Gasteiger partial charge is 0.480 e. The molecule has 2 aliphatic heterocycles. The molecule has 0 aromatic carbocycles. The Hall–Kier alpha value is -0.650. The van der Waals surface area contributed by atoms with Gasteiger partial charge in [0.05, 0.1) is 0 Å². The highest BCUT2D eigenvalue weighted by atomic mass is 16.4. The summed E-state index contributed by atoms with van der Waals surface area (Å²) in [6, 6.07) is -0.0158. The smallest absolute Gasteiger partial charge is 0.320 e. The van der Waals surface area contributed by atoms with Crippen LogP contribution in [0, 0.1) is 0 Å². The number of carboxylic acid groups (broad SMARTS) is 1. The van der Waals surface area contributed by atoms with Crippen LogP contribution < -0.4 is 5.73 Å². The van der Waals surface area contributed by atoms with Gasteiger partial charge in [-0.3, -0.25) is 9.69 Å². The molecule has 5 nitrogen and oxygen atoms in total. The third kappa shape index (κ3) is 3.40. The first-order chi connectivity index (χ1) is 8.16. The summed E-state index contributed by atoms with van der Waals surface area (Å²) in [4.78, 5) is 15.6. The fraction of sp³-hybridized carbons (Fsp3) is 0.917. The van der Waals surface area contributed by atoms with Crippen molar-refractivity contribution in [3.8, 4) is 0 Å². The van der Waals surface area contributed by atoms with Crippen LogP contribution in [0.1, 0.15) is 25.7 Å². The summed E-state index contributed by atoms with van der Waals surface area (Å²) in [5.74, 6) is -0.888. The van der Waals surface area contributed by atoms with Crippen molar-refractivity contribution in [2.24, 2.45) is 5.73 Å². The first-order valence-electron chi connectivity index (χ1n) is 6.61. The summed E-state index contributed by atoms with van der Waals surface area (Å²) in [6.07, 6.45) is 4.52. The molecule has 2 unspecified atom stereocenters. The van der Waals surface area contributed by atoms with Crippen LogP contribution in [0.25, 0.3) is 0 Å². The fourth-order valence-corrected chi connectivity index (χ4v) is 2.87. The van der Waals surface area contributed by atoms with E-state index in [0.29, 0.717) is 12.5 Å². The molecule has 17 heavy (non-hydrogen) atoms. The van der Waals surface area contributed by atoms with Crippen LogP contribution >= 0.6 is 0 Å². The summed E-state index contributed by atoms with van der Waals surface area (Å²) in [5.41, 5.74) is 5.53. The maximum absolute atomic E-state index is 10.6. The number of rotatable bonds is 4. The van der Waals surface area contributed by atoms with E-state index in [4.69, 9.17) is 10.8 Å². The monoisotopic (exact) mass is 241 g/mol. The van der Waals surface area contributed by atoms with Crippen molar-refractivity contribution in [3.63, 3.8) is 0 Å². The molecule has 3 N–H and O–H groups in total. The normalized spacial score (nSPS) is 28.6. The average molecular weight is 241 g/mol. The second kappa shape index (κ2) is 5.80. The molecule has 2 rings (SSSR count). The topological polar surface area (TPSA) is 69.8 Å². The Bertz CT molecular complexity index is 272. The van der Waals surface area contributed by atoms with Crippen molar-refractivity contribution >= 4 is 5.97 Å². The van der Waals surface area contributed by atoms with Gasteiger partial charge in [-0.25, -0.2) is 0 Å². The second-order valence-corrected chi connectivity index (χ2v) is 5.22. The first-order valence-corrected chi connectivity index (χ1v) is 6.61. The van der Waals surface area contributed by atoms with E-state index in [1.54, 1.807) is 0 Å². The molecule has 2 aliphatic rings. The van der Waals surface area contributed by atoms with E-state index in [0.717, 1.165) is 26.2 Å². The number of carboxylic acids is 1. The standard InChI is InChI=1S/C12H23N3O2/c13-11(12(16)17)4-6-14-7-8-15-5-2-1-3-10(15)9-14/h10-11H,1-9,13H2,(H,16,17). The van der Waals surface area contributed by atoms with Gasteiger partial charge in [0.1, 0.15) is 6.04 Å². The first kappa shape index (κ1) is 12.8. The molecule has 0 spiro atoms. The van der Waals surface area contributed by atoms with Gasteiger partial charge < -0.3 is 15.7 Å². The van der Waals surface area contributed by atoms with Crippen LogP contribution in [0.15, 0.2) is 0 Å². The number of aliphatic carboxylic acids is 1. The highest BCUT2D eigenvalue weighted by molar-refractivity contribution is 5.72. The summed E-state index contributed by atoms with van der Waals surface area (Å²) >= 11 is 0. The zero-order valence-electron chi connectivity index (χ0n) is 10.3. The lowest BCUT2D eigenvalue weighted by atomic mass is 9.99. The third-order valence-corrected chi connectivity index (χ3v) is 3.99. The average Bonchev–Trinajstić information content (AvgIpc) is 2.35. The predicted octanol–water partition coefficient (Wildman–Crippen LogP) is -0.0415. The van der Waals surface area contributed by atoms with E-state index >= 15 is 0 Å². The summed E-state index contributed by atoms with van der Waals surface area (Å²) < 4.78 is 0. The Morgan fingerprint density at radius 3 is 2.94 bits per heavy atom. The molecule has 0 aromatic heterocycles. The molecule has 2 saturated heterocycles. The van der Waals surface area contributed by atoms with E-state index < -0.39 is 12.0 Å². The quantitative estimate of drug-likeness (QED) is 0.722. The zero-order chi connectivity index (χ0) is 12.3. The Balaban J connectivity index is 1.74. The highest BCUT2D eigenvalue weighted by Crippen LogP contribution is 2.21. The van der Waals surface area contributed by atoms with E-state index in [1.807, 2.05) is 0 Å². The molecule has 0 amide bonds.